The number of fused-ring (bicyclic) bond motifs is 1. The number of anilines is 1. The Hall–Kier alpha value is -3.68. The monoisotopic (exact) mass is 349 g/mol. The lowest BCUT2D eigenvalue weighted by Crippen LogP contribution is -2.20. The van der Waals surface area contributed by atoms with Gasteiger partial charge in [0.05, 0.1) is 12.0 Å². The zero-order valence-corrected chi connectivity index (χ0v) is 13.9. The van der Waals surface area contributed by atoms with Crippen LogP contribution in [0.25, 0.3) is 5.70 Å². The third kappa shape index (κ3) is 2.77. The van der Waals surface area contributed by atoms with Crippen LogP contribution in [0.3, 0.4) is 0 Å². The molecule has 0 fully saturated rings. The number of rotatable bonds is 4. The van der Waals surface area contributed by atoms with Crippen LogP contribution in [0, 0.1) is 10.1 Å². The molecule has 4 rings (SSSR count). The highest BCUT2D eigenvalue weighted by Crippen LogP contribution is 2.33. The van der Waals surface area contributed by atoms with Gasteiger partial charge in [-0.1, -0.05) is 12.1 Å². The van der Waals surface area contributed by atoms with Crippen molar-refractivity contribution in [2.24, 2.45) is 0 Å². The molecule has 0 saturated carbocycles. The van der Waals surface area contributed by atoms with Crippen LogP contribution in [-0.4, -0.2) is 26.8 Å². The summed E-state index contributed by atoms with van der Waals surface area (Å²) in [6.45, 7) is 0. The molecule has 1 aromatic heterocycles. The van der Waals surface area contributed by atoms with Crippen molar-refractivity contribution in [1.29, 1.82) is 0 Å². The van der Waals surface area contributed by atoms with E-state index in [2.05, 4.69) is 15.4 Å². The first-order valence-corrected chi connectivity index (χ1v) is 7.93. The molecule has 2 aromatic carbocycles. The van der Waals surface area contributed by atoms with E-state index in [0.29, 0.717) is 5.95 Å². The van der Waals surface area contributed by atoms with Crippen LogP contribution in [0.4, 0.5) is 11.6 Å². The fraction of sp³-hybridized carbons (Fsp3) is 0.111. The SMILES string of the molecule is COc1ccc(C2=C[C@H](c3cccc([N+](=O)[O-])c3)n3ncnc3N2)cc1. The summed E-state index contributed by atoms with van der Waals surface area (Å²) >= 11 is 0. The molecule has 1 atom stereocenters. The van der Waals surface area contributed by atoms with E-state index in [-0.39, 0.29) is 11.7 Å². The van der Waals surface area contributed by atoms with Gasteiger partial charge >= 0.3 is 0 Å². The van der Waals surface area contributed by atoms with Gasteiger partial charge in [-0.15, -0.1) is 0 Å². The topological polar surface area (TPSA) is 95.1 Å². The van der Waals surface area contributed by atoms with Crippen LogP contribution in [0.1, 0.15) is 17.2 Å². The number of nitrogens with zero attached hydrogens (tertiary/aromatic N) is 4. The Kier molecular flexibility index (Phi) is 3.85. The molecule has 0 aliphatic carbocycles. The second kappa shape index (κ2) is 6.32. The molecule has 26 heavy (non-hydrogen) atoms. The van der Waals surface area contributed by atoms with Gasteiger partial charge in [-0.3, -0.25) is 10.1 Å². The fourth-order valence-electron chi connectivity index (χ4n) is 2.93. The minimum atomic E-state index is -0.402. The van der Waals surface area contributed by atoms with Gasteiger partial charge in [0.25, 0.3) is 5.69 Å². The van der Waals surface area contributed by atoms with Gasteiger partial charge in [0.2, 0.25) is 5.95 Å². The summed E-state index contributed by atoms with van der Waals surface area (Å²) in [6, 6.07) is 13.9. The third-order valence-corrected chi connectivity index (χ3v) is 4.23. The summed E-state index contributed by atoms with van der Waals surface area (Å²) in [5.74, 6) is 1.35. The lowest BCUT2D eigenvalue weighted by atomic mass is 10.0. The van der Waals surface area contributed by atoms with Crippen molar-refractivity contribution in [2.75, 3.05) is 12.4 Å². The number of hydrogen-bond acceptors (Lipinski definition) is 6. The Morgan fingerprint density at radius 2 is 2.04 bits per heavy atom. The first-order valence-electron chi connectivity index (χ1n) is 7.93. The summed E-state index contributed by atoms with van der Waals surface area (Å²) in [6.07, 6.45) is 3.43. The molecular weight excluding hydrogens is 334 g/mol. The van der Waals surface area contributed by atoms with Crippen molar-refractivity contribution < 1.29 is 9.66 Å². The number of nitrogens with one attached hydrogen (secondary N) is 1. The standard InChI is InChI=1S/C18H15N5O3/c1-26-15-7-5-12(6-8-15)16-10-17(22-18(21-16)19-11-20-22)13-3-2-4-14(9-13)23(24)25/h2-11,17H,1H3,(H,19,20,21)/t17-/m1/s1. The van der Waals surface area contributed by atoms with Crippen LogP contribution >= 0.6 is 0 Å². The van der Waals surface area contributed by atoms with Crippen LogP contribution in [0.5, 0.6) is 5.75 Å². The first kappa shape index (κ1) is 15.8. The summed E-state index contributed by atoms with van der Waals surface area (Å²) in [4.78, 5) is 14.9. The van der Waals surface area contributed by atoms with E-state index in [4.69, 9.17) is 4.74 Å². The van der Waals surface area contributed by atoms with Crippen LogP contribution in [0.2, 0.25) is 0 Å². The normalized spacial score (nSPS) is 15.6. The number of hydrogen-bond donors (Lipinski definition) is 1. The zero-order valence-electron chi connectivity index (χ0n) is 13.9. The lowest BCUT2D eigenvalue weighted by molar-refractivity contribution is -0.384. The highest BCUT2D eigenvalue weighted by molar-refractivity contribution is 5.77. The van der Waals surface area contributed by atoms with Crippen molar-refractivity contribution in [3.05, 3.63) is 82.2 Å². The van der Waals surface area contributed by atoms with Gasteiger partial charge in [-0.2, -0.15) is 10.1 Å². The van der Waals surface area contributed by atoms with Crippen molar-refractivity contribution >= 4 is 17.3 Å². The average Bonchev–Trinajstić information content (AvgIpc) is 3.16. The maximum Gasteiger partial charge on any atom is 0.269 e. The second-order valence-electron chi connectivity index (χ2n) is 5.76. The van der Waals surface area contributed by atoms with Crippen molar-refractivity contribution in [1.82, 2.24) is 14.8 Å². The zero-order chi connectivity index (χ0) is 18.1. The smallest absolute Gasteiger partial charge is 0.269 e. The van der Waals surface area contributed by atoms with Gasteiger partial charge in [0.15, 0.2) is 0 Å². The molecule has 130 valence electrons. The highest BCUT2D eigenvalue weighted by atomic mass is 16.6. The number of non-ortho nitro benzene ring substituents is 1. The third-order valence-electron chi connectivity index (χ3n) is 4.23. The molecule has 1 aliphatic heterocycles. The molecule has 8 nitrogen and oxygen atoms in total. The molecular formula is C18H15N5O3. The van der Waals surface area contributed by atoms with E-state index >= 15 is 0 Å². The molecule has 0 spiro atoms. The fourth-order valence-corrected chi connectivity index (χ4v) is 2.93. The van der Waals surface area contributed by atoms with E-state index in [9.17, 15) is 10.1 Å². The molecule has 1 aliphatic rings. The molecule has 2 heterocycles. The Bertz CT molecular complexity index is 994. The van der Waals surface area contributed by atoms with Crippen molar-refractivity contribution in [2.45, 2.75) is 6.04 Å². The van der Waals surface area contributed by atoms with E-state index in [1.54, 1.807) is 23.9 Å². The highest BCUT2D eigenvalue weighted by Gasteiger charge is 2.24. The molecule has 0 saturated heterocycles. The number of nitro benzene ring substituents is 1. The summed E-state index contributed by atoms with van der Waals surface area (Å²) in [7, 11) is 1.62. The maximum atomic E-state index is 11.1. The quantitative estimate of drug-likeness (QED) is 0.574. The molecule has 0 unspecified atom stereocenters. The molecule has 1 N–H and O–H groups in total. The Balaban J connectivity index is 1.78. The average molecular weight is 349 g/mol. The van der Waals surface area contributed by atoms with Crippen molar-refractivity contribution in [3.63, 3.8) is 0 Å². The lowest BCUT2D eigenvalue weighted by Gasteiger charge is -2.24. The Morgan fingerprint density at radius 1 is 1.23 bits per heavy atom. The largest absolute Gasteiger partial charge is 0.497 e. The van der Waals surface area contributed by atoms with Crippen LogP contribution in [0.15, 0.2) is 60.9 Å². The molecule has 3 aromatic rings. The van der Waals surface area contributed by atoms with Crippen LogP contribution in [-0.2, 0) is 0 Å². The van der Waals surface area contributed by atoms with Gasteiger partial charge < -0.3 is 10.1 Å². The maximum absolute atomic E-state index is 11.1. The van der Waals surface area contributed by atoms with E-state index in [0.717, 1.165) is 22.6 Å². The predicted molar refractivity (Wildman–Crippen MR) is 95.9 cm³/mol. The van der Waals surface area contributed by atoms with Crippen LogP contribution < -0.4 is 10.1 Å². The first-order chi connectivity index (χ1) is 12.7. The van der Waals surface area contributed by atoms with Gasteiger partial charge in [0.1, 0.15) is 18.1 Å². The number of methoxy groups -OCH3 is 1. The Morgan fingerprint density at radius 3 is 2.77 bits per heavy atom. The van der Waals surface area contributed by atoms with Gasteiger partial charge in [-0.25, -0.2) is 4.68 Å². The molecule has 0 bridgehead atoms. The summed E-state index contributed by atoms with van der Waals surface area (Å²) in [5.41, 5.74) is 2.61. The number of nitro groups is 1. The van der Waals surface area contributed by atoms with E-state index in [1.807, 2.05) is 36.4 Å². The summed E-state index contributed by atoms with van der Waals surface area (Å²) < 4.78 is 6.90. The number of allylic oxidation sites excluding steroid dienone is 1. The Labute approximate surface area is 148 Å². The number of benzene rings is 2. The van der Waals surface area contributed by atoms with E-state index in [1.165, 1.54) is 12.4 Å². The number of ether oxygens (including phenoxy) is 1. The minimum Gasteiger partial charge on any atom is -0.497 e. The van der Waals surface area contributed by atoms with Crippen molar-refractivity contribution in [3.8, 4) is 5.75 Å². The van der Waals surface area contributed by atoms with Gasteiger partial charge in [-0.05, 0) is 41.5 Å². The van der Waals surface area contributed by atoms with Gasteiger partial charge in [0, 0.05) is 17.8 Å². The van der Waals surface area contributed by atoms with E-state index < -0.39 is 4.92 Å². The summed E-state index contributed by atoms with van der Waals surface area (Å²) in [5, 5.41) is 18.6. The predicted octanol–water partition coefficient (Wildman–Crippen LogP) is 3.25. The molecule has 0 amide bonds. The minimum absolute atomic E-state index is 0.0436. The molecule has 0 radical (unpaired) electrons. The molecule has 8 heteroatoms. The second-order valence-corrected chi connectivity index (χ2v) is 5.76. The number of aromatic nitrogens is 3.